The Morgan fingerprint density at radius 1 is 0.828 bits per heavy atom. The molecule has 2 heteroatoms. The van der Waals surface area contributed by atoms with Gasteiger partial charge in [-0.1, -0.05) is 63.9 Å². The minimum Gasteiger partial charge on any atom is -0.236 e. The molecular formula is C27H26N2. The molecule has 0 saturated heterocycles. The molecule has 2 aliphatic carbocycles. The summed E-state index contributed by atoms with van der Waals surface area (Å²) in [5, 5.41) is 3.91. The molecule has 6 rings (SSSR count). The van der Waals surface area contributed by atoms with E-state index in [1.165, 1.54) is 64.1 Å². The van der Waals surface area contributed by atoms with Crippen molar-refractivity contribution in [3.05, 3.63) is 71.5 Å². The normalized spacial score (nSPS) is 17.2. The number of fused-ring (bicyclic) bond motifs is 5. The van der Waals surface area contributed by atoms with Crippen LogP contribution >= 0.6 is 0 Å². The van der Waals surface area contributed by atoms with E-state index >= 15 is 0 Å². The summed E-state index contributed by atoms with van der Waals surface area (Å²) in [6, 6.07) is 18.3. The van der Waals surface area contributed by atoms with Gasteiger partial charge in [-0.05, 0) is 63.9 Å². The maximum absolute atomic E-state index is 4.82. The van der Waals surface area contributed by atoms with Gasteiger partial charge in [-0.2, -0.15) is 0 Å². The summed E-state index contributed by atoms with van der Waals surface area (Å²) in [5.41, 5.74) is 8.04. The van der Waals surface area contributed by atoms with Crippen LogP contribution in [-0.2, 0) is 10.8 Å². The minimum atomic E-state index is 0.0938. The smallest absolute Gasteiger partial charge is 0.116 e. The van der Waals surface area contributed by atoms with Crippen molar-refractivity contribution in [3.8, 4) is 11.3 Å². The molecule has 0 radical (unpaired) electrons. The van der Waals surface area contributed by atoms with Crippen molar-refractivity contribution in [2.24, 2.45) is 0 Å². The summed E-state index contributed by atoms with van der Waals surface area (Å²) < 4.78 is 0. The first-order valence-electron chi connectivity index (χ1n) is 10.8. The molecule has 3 aromatic carbocycles. The van der Waals surface area contributed by atoms with E-state index in [2.05, 4.69) is 69.3 Å². The standard InChI is InChI=1S/C27H26N2/c1-26(2,3)19-14-22-24-23(15-19)28-16-29-25(24)20-12-17-8-4-5-9-18(17)13-21(20)27(22)10-6-7-11-27/h4-5,8-9,12-16H,6-7,10-11H2,1-3H3. The molecule has 0 aliphatic heterocycles. The zero-order chi connectivity index (χ0) is 19.8. The molecule has 0 atom stereocenters. The van der Waals surface area contributed by atoms with Gasteiger partial charge in [0.25, 0.3) is 0 Å². The summed E-state index contributed by atoms with van der Waals surface area (Å²) in [6.07, 6.45) is 6.76. The Balaban J connectivity index is 1.80. The van der Waals surface area contributed by atoms with Gasteiger partial charge in [-0.3, -0.25) is 0 Å². The van der Waals surface area contributed by atoms with Crippen molar-refractivity contribution >= 4 is 21.7 Å². The van der Waals surface area contributed by atoms with Crippen molar-refractivity contribution in [1.82, 2.24) is 9.97 Å². The zero-order valence-electron chi connectivity index (χ0n) is 17.4. The monoisotopic (exact) mass is 378 g/mol. The number of hydrogen-bond donors (Lipinski definition) is 0. The topological polar surface area (TPSA) is 25.8 Å². The van der Waals surface area contributed by atoms with Crippen LogP contribution in [0, 0.1) is 0 Å². The third-order valence-corrected chi connectivity index (χ3v) is 7.23. The van der Waals surface area contributed by atoms with Crippen LogP contribution in [0.1, 0.15) is 63.1 Å². The summed E-state index contributed by atoms with van der Waals surface area (Å²) in [7, 11) is 0. The average molecular weight is 379 g/mol. The van der Waals surface area contributed by atoms with Crippen LogP contribution in [0.2, 0.25) is 0 Å². The highest BCUT2D eigenvalue weighted by atomic mass is 14.8. The highest BCUT2D eigenvalue weighted by Crippen LogP contribution is 2.56. The molecule has 1 aromatic heterocycles. The summed E-state index contributed by atoms with van der Waals surface area (Å²) in [6.45, 7) is 6.90. The maximum atomic E-state index is 4.82. The van der Waals surface area contributed by atoms with E-state index in [1.807, 2.05) is 0 Å². The molecule has 1 saturated carbocycles. The summed E-state index contributed by atoms with van der Waals surface area (Å²) in [5.74, 6) is 0. The molecule has 1 heterocycles. The summed E-state index contributed by atoms with van der Waals surface area (Å²) in [4.78, 5) is 9.56. The van der Waals surface area contributed by atoms with E-state index in [4.69, 9.17) is 9.97 Å². The molecule has 1 fully saturated rings. The molecular weight excluding hydrogens is 352 g/mol. The first-order valence-corrected chi connectivity index (χ1v) is 10.8. The quantitative estimate of drug-likeness (QED) is 0.332. The molecule has 1 spiro atoms. The SMILES string of the molecule is CC(C)(C)c1cc2c3c(ncnc3c1)-c1cc3ccccc3cc1C21CCCC1. The van der Waals surface area contributed by atoms with E-state index in [-0.39, 0.29) is 10.8 Å². The number of aromatic nitrogens is 2. The molecule has 0 bridgehead atoms. The Bertz CT molecular complexity index is 1290. The summed E-state index contributed by atoms with van der Waals surface area (Å²) >= 11 is 0. The van der Waals surface area contributed by atoms with Crippen LogP contribution in [0.5, 0.6) is 0 Å². The second-order valence-corrected chi connectivity index (χ2v) is 9.92. The maximum Gasteiger partial charge on any atom is 0.116 e. The Kier molecular flexibility index (Phi) is 3.35. The number of hydrogen-bond acceptors (Lipinski definition) is 2. The highest BCUT2D eigenvalue weighted by Gasteiger charge is 2.44. The largest absolute Gasteiger partial charge is 0.236 e. The fraction of sp³-hybridized carbons (Fsp3) is 0.333. The second-order valence-electron chi connectivity index (χ2n) is 9.92. The van der Waals surface area contributed by atoms with Crippen molar-refractivity contribution in [3.63, 3.8) is 0 Å². The fourth-order valence-electron chi connectivity index (χ4n) is 5.70. The average Bonchev–Trinajstić information content (AvgIpc) is 3.20. The predicted molar refractivity (Wildman–Crippen MR) is 120 cm³/mol. The van der Waals surface area contributed by atoms with Gasteiger partial charge >= 0.3 is 0 Å². The first kappa shape index (κ1) is 17.1. The lowest BCUT2D eigenvalue weighted by atomic mass is 9.65. The van der Waals surface area contributed by atoms with E-state index in [1.54, 1.807) is 6.33 Å². The molecule has 4 aromatic rings. The lowest BCUT2D eigenvalue weighted by Gasteiger charge is -2.38. The van der Waals surface area contributed by atoms with Gasteiger partial charge in [0.15, 0.2) is 0 Å². The number of benzene rings is 3. The molecule has 0 unspecified atom stereocenters. The van der Waals surface area contributed by atoms with Crippen LogP contribution in [0.25, 0.3) is 32.9 Å². The van der Waals surface area contributed by atoms with Crippen LogP contribution in [-0.4, -0.2) is 9.97 Å². The molecule has 0 amide bonds. The van der Waals surface area contributed by atoms with Crippen molar-refractivity contribution in [2.75, 3.05) is 0 Å². The van der Waals surface area contributed by atoms with E-state index in [9.17, 15) is 0 Å². The van der Waals surface area contributed by atoms with Crippen molar-refractivity contribution in [2.45, 2.75) is 57.3 Å². The third kappa shape index (κ3) is 2.29. The van der Waals surface area contributed by atoms with E-state index in [0.29, 0.717) is 0 Å². The molecule has 144 valence electrons. The van der Waals surface area contributed by atoms with Crippen LogP contribution in [0.4, 0.5) is 0 Å². The van der Waals surface area contributed by atoms with Gasteiger partial charge in [0.1, 0.15) is 6.33 Å². The lowest BCUT2D eigenvalue weighted by molar-refractivity contribution is 0.532. The molecule has 29 heavy (non-hydrogen) atoms. The molecule has 2 nitrogen and oxygen atoms in total. The van der Waals surface area contributed by atoms with E-state index < -0.39 is 0 Å². The number of rotatable bonds is 0. The highest BCUT2D eigenvalue weighted by molar-refractivity contribution is 6.03. The Hall–Kier alpha value is -2.74. The fourth-order valence-corrected chi connectivity index (χ4v) is 5.70. The van der Waals surface area contributed by atoms with Gasteiger partial charge in [0.2, 0.25) is 0 Å². The Morgan fingerprint density at radius 3 is 2.28 bits per heavy atom. The van der Waals surface area contributed by atoms with Crippen molar-refractivity contribution < 1.29 is 0 Å². The van der Waals surface area contributed by atoms with Crippen LogP contribution in [0.3, 0.4) is 0 Å². The number of nitrogens with zero attached hydrogens (tertiary/aromatic N) is 2. The molecule has 0 N–H and O–H groups in total. The zero-order valence-corrected chi connectivity index (χ0v) is 17.4. The Morgan fingerprint density at radius 2 is 1.55 bits per heavy atom. The lowest BCUT2D eigenvalue weighted by Crippen LogP contribution is -2.29. The minimum absolute atomic E-state index is 0.0938. The Labute approximate surface area is 172 Å². The van der Waals surface area contributed by atoms with Gasteiger partial charge in [0.05, 0.1) is 11.2 Å². The van der Waals surface area contributed by atoms with Crippen molar-refractivity contribution in [1.29, 1.82) is 0 Å². The van der Waals surface area contributed by atoms with Gasteiger partial charge in [-0.25, -0.2) is 9.97 Å². The van der Waals surface area contributed by atoms with Crippen LogP contribution in [0.15, 0.2) is 54.9 Å². The van der Waals surface area contributed by atoms with Crippen LogP contribution < -0.4 is 0 Å². The third-order valence-electron chi connectivity index (χ3n) is 7.23. The first-order chi connectivity index (χ1) is 14.0. The molecule has 2 aliphatic rings. The van der Waals surface area contributed by atoms with Gasteiger partial charge in [-0.15, -0.1) is 0 Å². The van der Waals surface area contributed by atoms with E-state index in [0.717, 1.165) is 11.2 Å². The van der Waals surface area contributed by atoms with Gasteiger partial charge in [0, 0.05) is 16.4 Å². The predicted octanol–water partition coefficient (Wildman–Crippen LogP) is 6.92. The second kappa shape index (κ2) is 5.66. The van der Waals surface area contributed by atoms with Gasteiger partial charge < -0.3 is 0 Å².